The van der Waals surface area contributed by atoms with E-state index >= 15 is 0 Å². The molecule has 1 aliphatic rings. The Labute approximate surface area is 102 Å². The summed E-state index contributed by atoms with van der Waals surface area (Å²) in [6.45, 7) is 8.96. The molecule has 2 rings (SSSR count). The molecule has 96 valence electrons. The van der Waals surface area contributed by atoms with Crippen LogP contribution in [0.25, 0.3) is 0 Å². The third kappa shape index (κ3) is 2.89. The van der Waals surface area contributed by atoms with Gasteiger partial charge in [0, 0.05) is 5.56 Å². The molecule has 1 aromatic rings. The normalized spacial score (nSPS) is 22.6. The molecule has 17 heavy (non-hydrogen) atoms. The van der Waals surface area contributed by atoms with Gasteiger partial charge in [0.05, 0.1) is 25.9 Å². The summed E-state index contributed by atoms with van der Waals surface area (Å²) in [6.07, 6.45) is 0.0689. The lowest BCUT2D eigenvalue weighted by Crippen LogP contribution is -2.40. The van der Waals surface area contributed by atoms with Gasteiger partial charge in [0.25, 0.3) is 0 Å². The van der Waals surface area contributed by atoms with E-state index in [0.717, 1.165) is 18.1 Å². The van der Waals surface area contributed by atoms with Crippen LogP contribution < -0.4 is 5.32 Å². The SMILES string of the molecule is CCNC(c1cc(C)oc1C)C1COCCO1. The first-order valence-electron chi connectivity index (χ1n) is 6.22. The molecule has 0 aromatic carbocycles. The molecule has 1 aromatic heterocycles. The zero-order valence-corrected chi connectivity index (χ0v) is 10.8. The number of ether oxygens (including phenoxy) is 2. The van der Waals surface area contributed by atoms with Crippen LogP contribution in [-0.4, -0.2) is 32.5 Å². The van der Waals surface area contributed by atoms with Crippen LogP contribution in [0, 0.1) is 13.8 Å². The Balaban J connectivity index is 2.18. The van der Waals surface area contributed by atoms with E-state index in [4.69, 9.17) is 13.9 Å². The van der Waals surface area contributed by atoms with Crippen LogP contribution in [0.3, 0.4) is 0 Å². The minimum absolute atomic E-state index is 0.0689. The maximum absolute atomic E-state index is 5.78. The average Bonchev–Trinajstić information content (AvgIpc) is 2.66. The summed E-state index contributed by atoms with van der Waals surface area (Å²) < 4.78 is 16.9. The number of likely N-dealkylation sites (N-methyl/N-ethyl adjacent to an activating group) is 1. The Morgan fingerprint density at radius 1 is 1.41 bits per heavy atom. The molecular formula is C13H21NO3. The van der Waals surface area contributed by atoms with Crippen molar-refractivity contribution < 1.29 is 13.9 Å². The zero-order valence-electron chi connectivity index (χ0n) is 10.8. The van der Waals surface area contributed by atoms with Crippen molar-refractivity contribution in [2.45, 2.75) is 32.9 Å². The number of rotatable bonds is 4. The molecule has 1 N–H and O–H groups in total. The first-order valence-corrected chi connectivity index (χ1v) is 6.22. The van der Waals surface area contributed by atoms with E-state index in [1.807, 2.05) is 13.8 Å². The lowest BCUT2D eigenvalue weighted by atomic mass is 10.0. The third-order valence-electron chi connectivity index (χ3n) is 3.05. The predicted molar refractivity (Wildman–Crippen MR) is 65.2 cm³/mol. The first kappa shape index (κ1) is 12.6. The molecule has 0 spiro atoms. The quantitative estimate of drug-likeness (QED) is 0.872. The Hall–Kier alpha value is -0.840. The summed E-state index contributed by atoms with van der Waals surface area (Å²) in [5.74, 6) is 1.90. The summed E-state index contributed by atoms with van der Waals surface area (Å²) in [4.78, 5) is 0. The second-order valence-electron chi connectivity index (χ2n) is 4.39. The fraction of sp³-hybridized carbons (Fsp3) is 0.692. The van der Waals surface area contributed by atoms with Gasteiger partial charge in [0.15, 0.2) is 0 Å². The number of nitrogens with one attached hydrogen (secondary N) is 1. The van der Waals surface area contributed by atoms with Gasteiger partial charge in [-0.15, -0.1) is 0 Å². The molecule has 0 saturated carbocycles. The maximum atomic E-state index is 5.78. The van der Waals surface area contributed by atoms with Crippen molar-refractivity contribution in [3.8, 4) is 0 Å². The van der Waals surface area contributed by atoms with Gasteiger partial charge in [-0.05, 0) is 26.5 Å². The van der Waals surface area contributed by atoms with E-state index < -0.39 is 0 Å². The van der Waals surface area contributed by atoms with Crippen LogP contribution in [0.4, 0.5) is 0 Å². The molecule has 2 heterocycles. The van der Waals surface area contributed by atoms with E-state index in [2.05, 4.69) is 18.3 Å². The second-order valence-corrected chi connectivity index (χ2v) is 4.39. The molecule has 1 aliphatic heterocycles. The average molecular weight is 239 g/mol. The fourth-order valence-corrected chi connectivity index (χ4v) is 2.32. The van der Waals surface area contributed by atoms with Gasteiger partial charge in [-0.1, -0.05) is 6.92 Å². The molecule has 0 amide bonds. The number of hydrogen-bond acceptors (Lipinski definition) is 4. The van der Waals surface area contributed by atoms with E-state index in [1.54, 1.807) is 0 Å². The van der Waals surface area contributed by atoms with Crippen LogP contribution in [0.5, 0.6) is 0 Å². The molecule has 4 heteroatoms. The van der Waals surface area contributed by atoms with Crippen molar-refractivity contribution in [3.63, 3.8) is 0 Å². The molecule has 0 radical (unpaired) electrons. The highest BCUT2D eigenvalue weighted by molar-refractivity contribution is 5.25. The standard InChI is InChI=1S/C13H21NO3/c1-4-14-13(12-8-15-5-6-16-12)11-7-9(2)17-10(11)3/h7,12-14H,4-6,8H2,1-3H3. The van der Waals surface area contributed by atoms with Crippen LogP contribution in [0.2, 0.25) is 0 Å². The number of aryl methyl sites for hydroxylation is 2. The van der Waals surface area contributed by atoms with Crippen molar-refractivity contribution in [3.05, 3.63) is 23.2 Å². The van der Waals surface area contributed by atoms with Crippen molar-refractivity contribution in [2.24, 2.45) is 0 Å². The molecule has 2 atom stereocenters. The zero-order chi connectivity index (χ0) is 12.3. The van der Waals surface area contributed by atoms with Crippen molar-refractivity contribution in [1.82, 2.24) is 5.32 Å². The smallest absolute Gasteiger partial charge is 0.105 e. The molecule has 2 unspecified atom stereocenters. The van der Waals surface area contributed by atoms with Gasteiger partial charge in [-0.3, -0.25) is 0 Å². The van der Waals surface area contributed by atoms with Crippen molar-refractivity contribution in [1.29, 1.82) is 0 Å². The van der Waals surface area contributed by atoms with Gasteiger partial charge in [0.2, 0.25) is 0 Å². The first-order chi connectivity index (χ1) is 8.22. The summed E-state index contributed by atoms with van der Waals surface area (Å²) in [7, 11) is 0. The van der Waals surface area contributed by atoms with Crippen LogP contribution in [0.1, 0.15) is 30.0 Å². The molecule has 1 fully saturated rings. The van der Waals surface area contributed by atoms with Crippen molar-refractivity contribution >= 4 is 0 Å². The van der Waals surface area contributed by atoms with Crippen LogP contribution in [0.15, 0.2) is 10.5 Å². The topological polar surface area (TPSA) is 43.6 Å². The fourth-order valence-electron chi connectivity index (χ4n) is 2.32. The third-order valence-corrected chi connectivity index (χ3v) is 3.05. The van der Waals surface area contributed by atoms with E-state index in [-0.39, 0.29) is 12.1 Å². The van der Waals surface area contributed by atoms with Gasteiger partial charge in [-0.25, -0.2) is 0 Å². The Bertz CT molecular complexity index is 356. The van der Waals surface area contributed by atoms with Gasteiger partial charge in [-0.2, -0.15) is 0 Å². The Morgan fingerprint density at radius 2 is 2.24 bits per heavy atom. The highest BCUT2D eigenvalue weighted by atomic mass is 16.6. The van der Waals surface area contributed by atoms with E-state index in [1.165, 1.54) is 5.56 Å². The molecule has 4 nitrogen and oxygen atoms in total. The van der Waals surface area contributed by atoms with Gasteiger partial charge < -0.3 is 19.2 Å². The van der Waals surface area contributed by atoms with E-state index in [0.29, 0.717) is 19.8 Å². The summed E-state index contributed by atoms with van der Waals surface area (Å²) in [6, 6.07) is 2.23. The van der Waals surface area contributed by atoms with Crippen molar-refractivity contribution in [2.75, 3.05) is 26.4 Å². The van der Waals surface area contributed by atoms with Crippen LogP contribution >= 0.6 is 0 Å². The minimum atomic E-state index is 0.0689. The highest BCUT2D eigenvalue weighted by Crippen LogP contribution is 2.26. The van der Waals surface area contributed by atoms with Crippen LogP contribution in [-0.2, 0) is 9.47 Å². The van der Waals surface area contributed by atoms with Gasteiger partial charge in [0.1, 0.15) is 17.6 Å². The number of hydrogen-bond donors (Lipinski definition) is 1. The summed E-state index contributed by atoms with van der Waals surface area (Å²) in [5, 5.41) is 3.46. The largest absolute Gasteiger partial charge is 0.466 e. The summed E-state index contributed by atoms with van der Waals surface area (Å²) in [5.41, 5.74) is 1.18. The molecule has 1 saturated heterocycles. The maximum Gasteiger partial charge on any atom is 0.105 e. The van der Waals surface area contributed by atoms with E-state index in [9.17, 15) is 0 Å². The predicted octanol–water partition coefficient (Wildman–Crippen LogP) is 1.96. The van der Waals surface area contributed by atoms with Gasteiger partial charge >= 0.3 is 0 Å². The monoisotopic (exact) mass is 239 g/mol. The number of furan rings is 1. The molecular weight excluding hydrogens is 218 g/mol. The minimum Gasteiger partial charge on any atom is -0.466 e. The highest BCUT2D eigenvalue weighted by Gasteiger charge is 2.28. The Morgan fingerprint density at radius 3 is 2.76 bits per heavy atom. The lowest BCUT2D eigenvalue weighted by molar-refractivity contribution is -0.102. The second kappa shape index (κ2) is 5.67. The Kier molecular flexibility index (Phi) is 4.20. The summed E-state index contributed by atoms with van der Waals surface area (Å²) >= 11 is 0. The molecule has 0 bridgehead atoms. The molecule has 0 aliphatic carbocycles. The lowest BCUT2D eigenvalue weighted by Gasteiger charge is -2.30.